The number of furan rings is 1. The molecular formula is C26H36N2O4. The fourth-order valence-electron chi connectivity index (χ4n) is 4.98. The van der Waals surface area contributed by atoms with Gasteiger partial charge in [0.2, 0.25) is 0 Å². The quantitative estimate of drug-likeness (QED) is 0.423. The fraction of sp³-hybridized carbons (Fsp3) is 0.577. The lowest BCUT2D eigenvalue weighted by molar-refractivity contribution is 0.0727. The molecule has 6 nitrogen and oxygen atoms in total. The summed E-state index contributed by atoms with van der Waals surface area (Å²) in [5, 5.41) is 0. The van der Waals surface area contributed by atoms with E-state index in [1.165, 1.54) is 37.4 Å². The molecule has 1 aromatic carbocycles. The third-order valence-electron chi connectivity index (χ3n) is 6.73. The molecular weight excluding hydrogens is 404 g/mol. The van der Waals surface area contributed by atoms with E-state index in [1.54, 1.807) is 6.07 Å². The molecule has 32 heavy (non-hydrogen) atoms. The van der Waals surface area contributed by atoms with Gasteiger partial charge in [0.15, 0.2) is 5.75 Å². The monoisotopic (exact) mass is 440 g/mol. The molecule has 0 aliphatic carbocycles. The minimum absolute atomic E-state index is 0.365. The third kappa shape index (κ3) is 5.18. The van der Waals surface area contributed by atoms with Crippen LogP contribution in [0.15, 0.2) is 35.1 Å². The Labute approximate surface area is 191 Å². The van der Waals surface area contributed by atoms with Crippen LogP contribution in [0.25, 0.3) is 0 Å². The summed E-state index contributed by atoms with van der Waals surface area (Å²) in [7, 11) is 0. The molecule has 4 rings (SSSR count). The van der Waals surface area contributed by atoms with Crippen LogP contribution < -0.4 is 9.64 Å². The number of carbonyl (C=O) groups excluding carboxylic acids is 1. The van der Waals surface area contributed by atoms with Gasteiger partial charge in [0.25, 0.3) is 0 Å². The lowest BCUT2D eigenvalue weighted by atomic mass is 9.99. The van der Waals surface area contributed by atoms with Crippen LogP contribution in [0.3, 0.4) is 0 Å². The van der Waals surface area contributed by atoms with E-state index in [0.29, 0.717) is 11.6 Å². The number of aryl methyl sites for hydroxylation is 1. The van der Waals surface area contributed by atoms with Gasteiger partial charge >= 0.3 is 5.97 Å². The van der Waals surface area contributed by atoms with Crippen molar-refractivity contribution in [1.82, 2.24) is 4.90 Å². The predicted molar refractivity (Wildman–Crippen MR) is 125 cm³/mol. The Morgan fingerprint density at radius 3 is 2.50 bits per heavy atom. The number of carbonyl (C=O) groups is 1. The van der Waals surface area contributed by atoms with E-state index < -0.39 is 0 Å². The van der Waals surface area contributed by atoms with E-state index in [9.17, 15) is 4.79 Å². The van der Waals surface area contributed by atoms with Crippen molar-refractivity contribution >= 4 is 11.7 Å². The zero-order chi connectivity index (χ0) is 22.3. The van der Waals surface area contributed by atoms with Crippen molar-refractivity contribution in [2.45, 2.75) is 65.0 Å². The van der Waals surface area contributed by atoms with Crippen molar-refractivity contribution in [1.29, 1.82) is 0 Å². The highest BCUT2D eigenvalue weighted by Gasteiger charge is 2.28. The highest BCUT2D eigenvalue weighted by atomic mass is 16.5. The summed E-state index contributed by atoms with van der Waals surface area (Å²) in [5.41, 5.74) is 3.82. The average molecular weight is 441 g/mol. The number of likely N-dealkylation sites (tertiary alicyclic amines) is 1. The molecule has 174 valence electrons. The van der Waals surface area contributed by atoms with Gasteiger partial charge < -0.3 is 18.8 Å². The molecule has 0 saturated carbocycles. The van der Waals surface area contributed by atoms with Gasteiger partial charge in [-0.05, 0) is 63.7 Å². The standard InChI is InChI=1S/C26H36N2O4/c1-3-20-8-9-21(18-27-13-6-5-7-14-27)25(32-26(29)22-10-15-31-19-22)24(20)28(4-2)23-11-16-30-17-12-23/h8-10,15,19,23H,3-7,11-14,16-18H2,1-2H3. The van der Waals surface area contributed by atoms with E-state index in [0.717, 1.165) is 75.7 Å². The first-order chi connectivity index (χ1) is 15.7. The number of rotatable bonds is 8. The molecule has 0 N–H and O–H groups in total. The minimum Gasteiger partial charge on any atom is -0.472 e. The van der Waals surface area contributed by atoms with Crippen LogP contribution >= 0.6 is 0 Å². The Morgan fingerprint density at radius 1 is 1.09 bits per heavy atom. The summed E-state index contributed by atoms with van der Waals surface area (Å²) in [6, 6.07) is 6.43. The van der Waals surface area contributed by atoms with Crippen molar-refractivity contribution < 1.29 is 18.7 Å². The van der Waals surface area contributed by atoms with Gasteiger partial charge in [-0.25, -0.2) is 4.79 Å². The van der Waals surface area contributed by atoms with Gasteiger partial charge in [0.05, 0.1) is 17.5 Å². The maximum atomic E-state index is 13.0. The Kier molecular flexibility index (Phi) is 7.87. The maximum Gasteiger partial charge on any atom is 0.346 e. The number of ether oxygens (including phenoxy) is 2. The second-order valence-corrected chi connectivity index (χ2v) is 8.78. The number of nitrogens with zero attached hydrogens (tertiary/aromatic N) is 2. The molecule has 2 aromatic rings. The van der Waals surface area contributed by atoms with Crippen LogP contribution in [-0.2, 0) is 17.7 Å². The predicted octanol–water partition coefficient (Wildman–Crippen LogP) is 5.05. The molecule has 2 fully saturated rings. The van der Waals surface area contributed by atoms with Crippen molar-refractivity contribution in [3.05, 3.63) is 47.4 Å². The normalized spacial score (nSPS) is 17.9. The Bertz CT molecular complexity index is 868. The van der Waals surface area contributed by atoms with Crippen LogP contribution in [0.2, 0.25) is 0 Å². The van der Waals surface area contributed by atoms with Crippen LogP contribution in [0.1, 0.15) is 67.4 Å². The first-order valence-corrected chi connectivity index (χ1v) is 12.2. The zero-order valence-electron chi connectivity index (χ0n) is 19.5. The fourth-order valence-corrected chi connectivity index (χ4v) is 4.98. The van der Waals surface area contributed by atoms with Crippen LogP contribution in [0.5, 0.6) is 5.75 Å². The van der Waals surface area contributed by atoms with Crippen molar-refractivity contribution in [2.24, 2.45) is 0 Å². The van der Waals surface area contributed by atoms with E-state index in [1.807, 2.05) is 0 Å². The van der Waals surface area contributed by atoms with Gasteiger partial charge in [-0.15, -0.1) is 0 Å². The molecule has 2 aliphatic rings. The second kappa shape index (κ2) is 11.0. The summed E-state index contributed by atoms with van der Waals surface area (Å²) in [6.45, 7) is 9.77. The van der Waals surface area contributed by atoms with Crippen LogP contribution in [0.4, 0.5) is 5.69 Å². The average Bonchev–Trinajstić information content (AvgIpc) is 3.38. The van der Waals surface area contributed by atoms with E-state index in [-0.39, 0.29) is 5.97 Å². The van der Waals surface area contributed by atoms with Gasteiger partial charge in [-0.3, -0.25) is 4.90 Å². The number of hydrogen-bond donors (Lipinski definition) is 0. The third-order valence-corrected chi connectivity index (χ3v) is 6.73. The first-order valence-electron chi connectivity index (χ1n) is 12.2. The zero-order valence-corrected chi connectivity index (χ0v) is 19.5. The molecule has 2 aliphatic heterocycles. The molecule has 0 bridgehead atoms. The maximum absolute atomic E-state index is 13.0. The van der Waals surface area contributed by atoms with Gasteiger partial charge in [-0.1, -0.05) is 25.5 Å². The Balaban J connectivity index is 1.75. The SMILES string of the molecule is CCc1ccc(CN2CCCCC2)c(OC(=O)c2ccoc2)c1N(CC)C1CCOCC1. The van der Waals surface area contributed by atoms with E-state index in [2.05, 4.69) is 35.8 Å². The Morgan fingerprint density at radius 2 is 1.84 bits per heavy atom. The summed E-state index contributed by atoms with van der Waals surface area (Å²) >= 11 is 0. The number of piperidine rings is 1. The van der Waals surface area contributed by atoms with Gasteiger partial charge in [-0.2, -0.15) is 0 Å². The molecule has 2 saturated heterocycles. The van der Waals surface area contributed by atoms with Gasteiger partial charge in [0.1, 0.15) is 6.26 Å². The number of esters is 1. The lowest BCUT2D eigenvalue weighted by Crippen LogP contribution is -2.40. The minimum atomic E-state index is -0.365. The highest BCUT2D eigenvalue weighted by Crippen LogP contribution is 2.40. The highest BCUT2D eigenvalue weighted by molar-refractivity contribution is 5.92. The molecule has 0 atom stereocenters. The molecule has 0 unspecified atom stereocenters. The van der Waals surface area contributed by atoms with E-state index in [4.69, 9.17) is 13.9 Å². The van der Waals surface area contributed by atoms with Crippen molar-refractivity contribution in [2.75, 3.05) is 37.7 Å². The summed E-state index contributed by atoms with van der Waals surface area (Å²) in [5.74, 6) is 0.352. The number of anilines is 1. The van der Waals surface area contributed by atoms with E-state index >= 15 is 0 Å². The Hall–Kier alpha value is -2.31. The molecule has 0 spiro atoms. The van der Waals surface area contributed by atoms with Crippen LogP contribution in [0, 0.1) is 0 Å². The summed E-state index contributed by atoms with van der Waals surface area (Å²) < 4.78 is 16.9. The number of hydrogen-bond acceptors (Lipinski definition) is 6. The number of benzene rings is 1. The van der Waals surface area contributed by atoms with Crippen molar-refractivity contribution in [3.8, 4) is 5.75 Å². The summed E-state index contributed by atoms with van der Waals surface area (Å²) in [6.07, 6.45) is 9.58. The van der Waals surface area contributed by atoms with Crippen molar-refractivity contribution in [3.63, 3.8) is 0 Å². The molecule has 0 radical (unpaired) electrons. The van der Waals surface area contributed by atoms with Crippen LogP contribution in [-0.4, -0.2) is 49.8 Å². The summed E-state index contributed by atoms with van der Waals surface area (Å²) in [4.78, 5) is 17.9. The second-order valence-electron chi connectivity index (χ2n) is 8.78. The topological polar surface area (TPSA) is 55.2 Å². The smallest absolute Gasteiger partial charge is 0.346 e. The lowest BCUT2D eigenvalue weighted by Gasteiger charge is -2.38. The molecule has 0 amide bonds. The largest absolute Gasteiger partial charge is 0.472 e. The first kappa shape index (κ1) is 22.9. The van der Waals surface area contributed by atoms with Gasteiger partial charge in [0, 0.05) is 37.9 Å². The molecule has 3 heterocycles. The molecule has 1 aromatic heterocycles. The molecule has 6 heteroatoms.